The number of nitrogens with zero attached hydrogens (tertiary/aromatic N) is 3. The van der Waals surface area contributed by atoms with E-state index in [1.54, 1.807) is 6.92 Å². The third-order valence-electron chi connectivity index (χ3n) is 3.10. The monoisotopic (exact) mass is 270 g/mol. The van der Waals surface area contributed by atoms with E-state index < -0.39 is 4.92 Å². The van der Waals surface area contributed by atoms with Crippen LogP contribution < -0.4 is 4.57 Å². The smallest absolute Gasteiger partial charge is 0.272 e. The first-order valence-electron chi connectivity index (χ1n) is 6.06. The fraction of sp³-hybridized carbons (Fsp3) is 0.143. The number of aromatic nitrogens is 2. The summed E-state index contributed by atoms with van der Waals surface area (Å²) in [6, 6.07) is 6.68. The van der Waals surface area contributed by atoms with Gasteiger partial charge in [0.15, 0.2) is 18.0 Å². The highest BCUT2D eigenvalue weighted by Crippen LogP contribution is 2.29. The molecule has 0 amide bonds. The summed E-state index contributed by atoms with van der Waals surface area (Å²) in [6.07, 6.45) is 3.78. The standard InChI is InChI=1S/C14H12N3O3/c1-9-7-11(17(18)19)8-12-13(9)20-14(15-12)10-3-5-16(2)6-4-10/h3-8H,1-2H3/q+1. The van der Waals surface area contributed by atoms with Crippen LogP contribution in [-0.4, -0.2) is 9.91 Å². The zero-order chi connectivity index (χ0) is 14.3. The molecule has 0 N–H and O–H groups in total. The van der Waals surface area contributed by atoms with E-state index in [2.05, 4.69) is 4.98 Å². The summed E-state index contributed by atoms with van der Waals surface area (Å²) in [4.78, 5) is 14.8. The summed E-state index contributed by atoms with van der Waals surface area (Å²) in [7, 11) is 1.92. The molecular formula is C14H12N3O3+. The van der Waals surface area contributed by atoms with Crippen LogP contribution in [0.15, 0.2) is 41.1 Å². The third kappa shape index (κ3) is 2.01. The number of benzene rings is 1. The zero-order valence-electron chi connectivity index (χ0n) is 11.0. The number of non-ortho nitro benzene ring substituents is 1. The van der Waals surface area contributed by atoms with Crippen molar-refractivity contribution in [2.75, 3.05) is 0 Å². The average molecular weight is 270 g/mol. The van der Waals surface area contributed by atoms with E-state index in [9.17, 15) is 10.1 Å². The van der Waals surface area contributed by atoms with E-state index in [0.29, 0.717) is 22.6 Å². The Balaban J connectivity index is 2.17. The Kier molecular flexibility index (Phi) is 2.71. The molecule has 2 aromatic heterocycles. The maximum absolute atomic E-state index is 10.9. The minimum atomic E-state index is -0.427. The Hall–Kier alpha value is -2.76. The largest absolute Gasteiger partial charge is 0.436 e. The summed E-state index contributed by atoms with van der Waals surface area (Å²) in [5.74, 6) is 0.462. The van der Waals surface area contributed by atoms with E-state index in [1.165, 1.54) is 12.1 Å². The Morgan fingerprint density at radius 3 is 2.65 bits per heavy atom. The molecule has 20 heavy (non-hydrogen) atoms. The van der Waals surface area contributed by atoms with Gasteiger partial charge >= 0.3 is 0 Å². The van der Waals surface area contributed by atoms with Crippen molar-refractivity contribution in [3.63, 3.8) is 0 Å². The van der Waals surface area contributed by atoms with Crippen molar-refractivity contribution in [1.29, 1.82) is 0 Å². The van der Waals surface area contributed by atoms with E-state index in [0.717, 1.165) is 5.56 Å². The molecule has 0 saturated heterocycles. The van der Waals surface area contributed by atoms with E-state index in [1.807, 2.05) is 36.1 Å². The maximum Gasteiger partial charge on any atom is 0.272 e. The summed E-state index contributed by atoms with van der Waals surface area (Å²) >= 11 is 0. The summed E-state index contributed by atoms with van der Waals surface area (Å²) in [5, 5.41) is 10.9. The first-order chi connectivity index (χ1) is 9.54. The van der Waals surface area contributed by atoms with Crippen LogP contribution in [0, 0.1) is 17.0 Å². The van der Waals surface area contributed by atoms with Crippen LogP contribution in [0.1, 0.15) is 5.56 Å². The van der Waals surface area contributed by atoms with Crippen molar-refractivity contribution in [3.8, 4) is 11.5 Å². The number of rotatable bonds is 2. The normalized spacial score (nSPS) is 10.9. The van der Waals surface area contributed by atoms with Crippen LogP contribution >= 0.6 is 0 Å². The highest BCUT2D eigenvalue weighted by Gasteiger charge is 2.16. The van der Waals surface area contributed by atoms with Gasteiger partial charge in [0.05, 0.1) is 4.92 Å². The van der Waals surface area contributed by atoms with Gasteiger partial charge in [0, 0.05) is 35.4 Å². The van der Waals surface area contributed by atoms with Gasteiger partial charge < -0.3 is 4.42 Å². The Labute approximate surface area is 114 Å². The predicted molar refractivity (Wildman–Crippen MR) is 72.0 cm³/mol. The molecule has 0 atom stereocenters. The van der Waals surface area contributed by atoms with Crippen molar-refractivity contribution < 1.29 is 13.9 Å². The molecule has 2 heterocycles. The molecule has 1 aromatic carbocycles. The van der Waals surface area contributed by atoms with Gasteiger partial charge in [-0.15, -0.1) is 0 Å². The van der Waals surface area contributed by atoms with Gasteiger partial charge in [0.25, 0.3) is 5.69 Å². The predicted octanol–water partition coefficient (Wildman–Crippen LogP) is 2.54. The molecule has 6 heteroatoms. The molecule has 3 aromatic rings. The molecule has 100 valence electrons. The quantitative estimate of drug-likeness (QED) is 0.407. The SMILES string of the molecule is Cc1cc([N+](=O)[O-])cc2nc(-c3cc[n+](C)cc3)oc12. The number of fused-ring (bicyclic) bond motifs is 1. The number of aryl methyl sites for hydroxylation is 2. The summed E-state index contributed by atoms with van der Waals surface area (Å²) in [5.41, 5.74) is 2.64. The lowest BCUT2D eigenvalue weighted by atomic mass is 10.2. The Bertz CT molecular complexity index is 806. The Morgan fingerprint density at radius 2 is 2.00 bits per heavy atom. The number of nitro benzene ring substituents is 1. The van der Waals surface area contributed by atoms with Gasteiger partial charge in [0.1, 0.15) is 12.6 Å². The van der Waals surface area contributed by atoms with Crippen LogP contribution in [0.3, 0.4) is 0 Å². The second-order valence-corrected chi connectivity index (χ2v) is 4.64. The van der Waals surface area contributed by atoms with Crippen molar-refractivity contribution in [2.45, 2.75) is 6.92 Å². The number of hydrogen-bond acceptors (Lipinski definition) is 4. The zero-order valence-corrected chi connectivity index (χ0v) is 11.0. The van der Waals surface area contributed by atoms with Gasteiger partial charge in [-0.05, 0) is 6.92 Å². The van der Waals surface area contributed by atoms with Crippen LogP contribution in [0.5, 0.6) is 0 Å². The molecule has 0 aliphatic rings. The van der Waals surface area contributed by atoms with Crippen molar-refractivity contribution >= 4 is 16.8 Å². The molecule has 0 aliphatic heterocycles. The third-order valence-corrected chi connectivity index (χ3v) is 3.10. The topological polar surface area (TPSA) is 73.1 Å². The van der Waals surface area contributed by atoms with Crippen molar-refractivity contribution in [2.24, 2.45) is 7.05 Å². The molecule has 0 radical (unpaired) electrons. The molecule has 0 saturated carbocycles. The van der Waals surface area contributed by atoms with Crippen LogP contribution in [0.25, 0.3) is 22.6 Å². The average Bonchev–Trinajstić information content (AvgIpc) is 2.84. The summed E-state index contributed by atoms with van der Waals surface area (Å²) < 4.78 is 7.62. The molecule has 0 unspecified atom stereocenters. The van der Waals surface area contributed by atoms with Gasteiger partial charge in [-0.2, -0.15) is 0 Å². The summed E-state index contributed by atoms with van der Waals surface area (Å²) in [6.45, 7) is 1.77. The van der Waals surface area contributed by atoms with Gasteiger partial charge in [-0.25, -0.2) is 9.55 Å². The molecule has 3 rings (SSSR count). The second-order valence-electron chi connectivity index (χ2n) is 4.64. The van der Waals surface area contributed by atoms with Crippen LogP contribution in [-0.2, 0) is 7.05 Å². The highest BCUT2D eigenvalue weighted by molar-refractivity contribution is 5.81. The second kappa shape index (κ2) is 4.41. The van der Waals surface area contributed by atoms with E-state index >= 15 is 0 Å². The number of nitro groups is 1. The van der Waals surface area contributed by atoms with Crippen molar-refractivity contribution in [3.05, 3.63) is 52.3 Å². The minimum Gasteiger partial charge on any atom is -0.436 e. The highest BCUT2D eigenvalue weighted by atomic mass is 16.6. The molecule has 0 fully saturated rings. The lowest BCUT2D eigenvalue weighted by Gasteiger charge is -1.94. The van der Waals surface area contributed by atoms with Gasteiger partial charge in [0.2, 0.25) is 5.89 Å². The number of hydrogen-bond donors (Lipinski definition) is 0. The lowest BCUT2D eigenvalue weighted by Crippen LogP contribution is -2.25. The van der Waals surface area contributed by atoms with E-state index in [4.69, 9.17) is 4.42 Å². The fourth-order valence-electron chi connectivity index (χ4n) is 2.05. The fourth-order valence-corrected chi connectivity index (χ4v) is 2.05. The number of oxazole rings is 1. The van der Waals surface area contributed by atoms with Crippen molar-refractivity contribution in [1.82, 2.24) is 4.98 Å². The van der Waals surface area contributed by atoms with E-state index in [-0.39, 0.29) is 5.69 Å². The first kappa shape index (κ1) is 12.3. The molecular weight excluding hydrogens is 258 g/mol. The van der Waals surface area contributed by atoms with Gasteiger partial charge in [-0.3, -0.25) is 10.1 Å². The van der Waals surface area contributed by atoms with Crippen LogP contribution in [0.4, 0.5) is 5.69 Å². The van der Waals surface area contributed by atoms with Gasteiger partial charge in [-0.1, -0.05) is 0 Å². The first-order valence-corrected chi connectivity index (χ1v) is 6.06. The molecule has 0 aliphatic carbocycles. The molecule has 0 spiro atoms. The maximum atomic E-state index is 10.9. The molecule has 0 bridgehead atoms. The molecule has 6 nitrogen and oxygen atoms in total. The number of pyridine rings is 1. The van der Waals surface area contributed by atoms with Crippen LogP contribution in [0.2, 0.25) is 0 Å². The Morgan fingerprint density at radius 1 is 1.30 bits per heavy atom. The lowest BCUT2D eigenvalue weighted by molar-refractivity contribution is -0.671. The minimum absolute atomic E-state index is 0.0225.